The van der Waals surface area contributed by atoms with Crippen molar-refractivity contribution in [1.29, 1.82) is 0 Å². The van der Waals surface area contributed by atoms with E-state index in [2.05, 4.69) is 22.8 Å². The Hall–Kier alpha value is -3.27. The van der Waals surface area contributed by atoms with Crippen LogP contribution < -0.4 is 15.4 Å². The van der Waals surface area contributed by atoms with Crippen molar-refractivity contribution in [2.24, 2.45) is 0 Å². The van der Waals surface area contributed by atoms with E-state index >= 15 is 0 Å². The van der Waals surface area contributed by atoms with Gasteiger partial charge in [0, 0.05) is 11.4 Å². The number of anilines is 2. The summed E-state index contributed by atoms with van der Waals surface area (Å²) in [6.45, 7) is 1.84. The lowest BCUT2D eigenvalue weighted by Crippen LogP contribution is -2.31. The minimum absolute atomic E-state index is 0.0951. The van der Waals surface area contributed by atoms with Gasteiger partial charge in [0.2, 0.25) is 5.91 Å². The Kier molecular flexibility index (Phi) is 5.54. The van der Waals surface area contributed by atoms with Gasteiger partial charge in [-0.25, -0.2) is 0 Å². The van der Waals surface area contributed by atoms with E-state index in [0.717, 1.165) is 22.7 Å². The second kappa shape index (κ2) is 8.21. The Morgan fingerprint density at radius 1 is 0.808 bits per heavy atom. The molecule has 3 aromatic rings. The molecule has 0 aliphatic rings. The van der Waals surface area contributed by atoms with Gasteiger partial charge in [-0.3, -0.25) is 4.79 Å². The van der Waals surface area contributed by atoms with Crippen molar-refractivity contribution >= 4 is 17.3 Å². The standard InChI is InChI=1S/C22H22N2O2/c1-16(22(25)24-20-12-14-21(26-2)15-13-20)23-19-10-8-18(9-11-19)17-6-4-3-5-7-17/h3-16,23H,1-2H3,(H,24,25). The predicted molar refractivity (Wildman–Crippen MR) is 107 cm³/mol. The first kappa shape index (κ1) is 17.5. The fourth-order valence-corrected chi connectivity index (χ4v) is 2.63. The first-order valence-corrected chi connectivity index (χ1v) is 8.52. The summed E-state index contributed by atoms with van der Waals surface area (Å²) < 4.78 is 5.12. The van der Waals surface area contributed by atoms with Gasteiger partial charge in [0.1, 0.15) is 11.8 Å². The Morgan fingerprint density at radius 3 is 2.00 bits per heavy atom. The van der Waals surface area contributed by atoms with Crippen LogP contribution in [-0.4, -0.2) is 19.1 Å². The molecule has 0 bridgehead atoms. The molecule has 1 amide bonds. The summed E-state index contributed by atoms with van der Waals surface area (Å²) in [4.78, 5) is 12.4. The van der Waals surface area contributed by atoms with Gasteiger partial charge in [0.25, 0.3) is 0 Å². The third-order valence-corrected chi connectivity index (χ3v) is 4.13. The zero-order valence-corrected chi connectivity index (χ0v) is 14.9. The molecule has 2 N–H and O–H groups in total. The number of nitrogens with one attached hydrogen (secondary N) is 2. The van der Waals surface area contributed by atoms with Crippen LogP contribution in [0.2, 0.25) is 0 Å². The van der Waals surface area contributed by atoms with Gasteiger partial charge in [0.15, 0.2) is 0 Å². The van der Waals surface area contributed by atoms with E-state index in [1.165, 1.54) is 5.56 Å². The molecule has 0 fully saturated rings. The van der Waals surface area contributed by atoms with Gasteiger partial charge in [0.05, 0.1) is 7.11 Å². The number of rotatable bonds is 6. The molecular formula is C22H22N2O2. The summed E-state index contributed by atoms with van der Waals surface area (Å²) in [5, 5.41) is 6.12. The third kappa shape index (κ3) is 4.42. The largest absolute Gasteiger partial charge is 0.497 e. The van der Waals surface area contributed by atoms with Gasteiger partial charge >= 0.3 is 0 Å². The Bertz CT molecular complexity index is 844. The highest BCUT2D eigenvalue weighted by atomic mass is 16.5. The highest BCUT2D eigenvalue weighted by Gasteiger charge is 2.13. The second-order valence-electron chi connectivity index (χ2n) is 6.03. The number of ether oxygens (including phenoxy) is 1. The maximum atomic E-state index is 12.4. The van der Waals surface area contributed by atoms with E-state index in [0.29, 0.717) is 0 Å². The fourth-order valence-electron chi connectivity index (χ4n) is 2.63. The Balaban J connectivity index is 1.59. The van der Waals surface area contributed by atoms with Crippen molar-refractivity contribution in [2.45, 2.75) is 13.0 Å². The average molecular weight is 346 g/mol. The summed E-state index contributed by atoms with van der Waals surface area (Å²) in [6, 6.07) is 25.2. The maximum Gasteiger partial charge on any atom is 0.246 e. The quantitative estimate of drug-likeness (QED) is 0.674. The van der Waals surface area contributed by atoms with Crippen LogP contribution in [0.3, 0.4) is 0 Å². The molecule has 0 saturated carbocycles. The molecule has 0 aliphatic heterocycles. The monoisotopic (exact) mass is 346 g/mol. The second-order valence-corrected chi connectivity index (χ2v) is 6.03. The molecule has 26 heavy (non-hydrogen) atoms. The lowest BCUT2D eigenvalue weighted by atomic mass is 10.1. The fraction of sp³-hybridized carbons (Fsp3) is 0.136. The molecule has 0 radical (unpaired) electrons. The van der Waals surface area contributed by atoms with Crippen LogP contribution in [0.4, 0.5) is 11.4 Å². The molecule has 3 rings (SSSR count). The van der Waals surface area contributed by atoms with E-state index < -0.39 is 0 Å². The van der Waals surface area contributed by atoms with Crippen LogP contribution in [-0.2, 0) is 4.79 Å². The van der Waals surface area contributed by atoms with Gasteiger partial charge < -0.3 is 15.4 Å². The molecule has 4 heteroatoms. The topological polar surface area (TPSA) is 50.4 Å². The van der Waals surface area contributed by atoms with Crippen LogP contribution in [0.1, 0.15) is 6.92 Å². The average Bonchev–Trinajstić information content (AvgIpc) is 2.70. The van der Waals surface area contributed by atoms with E-state index in [1.54, 1.807) is 7.11 Å². The highest BCUT2D eigenvalue weighted by molar-refractivity contribution is 5.96. The van der Waals surface area contributed by atoms with E-state index in [9.17, 15) is 4.79 Å². The van der Waals surface area contributed by atoms with Crippen LogP contribution in [0.25, 0.3) is 11.1 Å². The lowest BCUT2D eigenvalue weighted by Gasteiger charge is -2.16. The van der Waals surface area contributed by atoms with E-state index in [1.807, 2.05) is 73.7 Å². The maximum absolute atomic E-state index is 12.4. The summed E-state index contributed by atoms with van der Waals surface area (Å²) >= 11 is 0. The Morgan fingerprint density at radius 2 is 1.38 bits per heavy atom. The highest BCUT2D eigenvalue weighted by Crippen LogP contribution is 2.21. The SMILES string of the molecule is COc1ccc(NC(=O)C(C)Nc2ccc(-c3ccccc3)cc2)cc1. The van der Waals surface area contributed by atoms with Crippen molar-refractivity contribution in [3.05, 3.63) is 78.9 Å². The molecule has 0 spiro atoms. The molecule has 132 valence electrons. The summed E-state index contributed by atoms with van der Waals surface area (Å²) in [5.41, 5.74) is 3.96. The smallest absolute Gasteiger partial charge is 0.246 e. The summed E-state index contributed by atoms with van der Waals surface area (Å²) in [5.74, 6) is 0.662. The lowest BCUT2D eigenvalue weighted by molar-refractivity contribution is -0.116. The molecule has 0 saturated heterocycles. The van der Waals surface area contributed by atoms with Crippen molar-refractivity contribution in [3.63, 3.8) is 0 Å². The molecule has 4 nitrogen and oxygen atoms in total. The molecule has 0 aromatic heterocycles. The molecular weight excluding hydrogens is 324 g/mol. The van der Waals surface area contributed by atoms with Crippen molar-refractivity contribution in [1.82, 2.24) is 0 Å². The third-order valence-electron chi connectivity index (χ3n) is 4.13. The summed E-state index contributed by atoms with van der Waals surface area (Å²) in [7, 11) is 1.61. The molecule has 1 atom stereocenters. The van der Waals surface area contributed by atoms with Crippen LogP contribution in [0, 0.1) is 0 Å². The Labute approximate surface area is 153 Å². The molecule has 1 unspecified atom stereocenters. The molecule has 0 heterocycles. The zero-order valence-electron chi connectivity index (χ0n) is 14.9. The van der Waals surface area contributed by atoms with Crippen molar-refractivity contribution in [3.8, 4) is 16.9 Å². The number of hydrogen-bond donors (Lipinski definition) is 2. The number of carbonyl (C=O) groups is 1. The van der Waals surface area contributed by atoms with Gasteiger partial charge in [-0.05, 0) is 54.4 Å². The van der Waals surface area contributed by atoms with Crippen LogP contribution >= 0.6 is 0 Å². The first-order valence-electron chi connectivity index (χ1n) is 8.52. The molecule has 0 aliphatic carbocycles. The van der Waals surface area contributed by atoms with Gasteiger partial charge in [-0.15, -0.1) is 0 Å². The number of benzene rings is 3. The number of hydrogen-bond acceptors (Lipinski definition) is 3. The number of carbonyl (C=O) groups excluding carboxylic acids is 1. The van der Waals surface area contributed by atoms with Gasteiger partial charge in [-0.1, -0.05) is 42.5 Å². The van der Waals surface area contributed by atoms with Crippen LogP contribution in [0.15, 0.2) is 78.9 Å². The van der Waals surface area contributed by atoms with E-state index in [4.69, 9.17) is 4.74 Å². The minimum atomic E-state index is -0.361. The number of methoxy groups -OCH3 is 1. The normalized spacial score (nSPS) is 11.5. The molecule has 3 aromatic carbocycles. The van der Waals surface area contributed by atoms with Gasteiger partial charge in [-0.2, -0.15) is 0 Å². The predicted octanol–water partition coefficient (Wildman–Crippen LogP) is 4.80. The van der Waals surface area contributed by atoms with Crippen molar-refractivity contribution in [2.75, 3.05) is 17.7 Å². The summed E-state index contributed by atoms with van der Waals surface area (Å²) in [6.07, 6.45) is 0. The van der Waals surface area contributed by atoms with Crippen molar-refractivity contribution < 1.29 is 9.53 Å². The first-order chi connectivity index (χ1) is 12.7. The zero-order chi connectivity index (χ0) is 18.4. The minimum Gasteiger partial charge on any atom is -0.497 e. The van der Waals surface area contributed by atoms with E-state index in [-0.39, 0.29) is 11.9 Å². The van der Waals surface area contributed by atoms with Crippen LogP contribution in [0.5, 0.6) is 5.75 Å². The number of amides is 1.